The Balaban J connectivity index is 1.90. The average Bonchev–Trinajstić information content (AvgIpc) is 2.85. The van der Waals surface area contributed by atoms with E-state index in [1.807, 2.05) is 18.8 Å². The number of rotatable bonds is 6. The van der Waals surface area contributed by atoms with Crippen LogP contribution in [-0.2, 0) is 4.79 Å². The van der Waals surface area contributed by atoms with Crippen LogP contribution in [-0.4, -0.2) is 24.2 Å². The largest absolute Gasteiger partial charge is 0.368 e. The highest BCUT2D eigenvalue weighted by Gasteiger charge is 2.45. The molecule has 1 aliphatic carbocycles. The van der Waals surface area contributed by atoms with Crippen LogP contribution in [0.2, 0.25) is 0 Å². The molecule has 3 N–H and O–H groups in total. The van der Waals surface area contributed by atoms with Crippen LogP contribution in [0.4, 0.5) is 0 Å². The summed E-state index contributed by atoms with van der Waals surface area (Å²) >= 11 is 5.28. The van der Waals surface area contributed by atoms with E-state index in [0.29, 0.717) is 5.92 Å². The number of nitrogens with one attached hydrogen (secondary N) is 1. The van der Waals surface area contributed by atoms with Crippen LogP contribution in [0.3, 0.4) is 0 Å². The molecule has 1 aromatic rings. The van der Waals surface area contributed by atoms with Crippen molar-refractivity contribution in [2.24, 2.45) is 11.7 Å². The molecule has 0 saturated heterocycles. The first-order valence-corrected chi connectivity index (χ1v) is 8.73. The molecule has 1 amide bonds. The van der Waals surface area contributed by atoms with E-state index < -0.39 is 5.54 Å². The number of hydrogen-bond donors (Lipinski definition) is 2. The van der Waals surface area contributed by atoms with E-state index in [4.69, 9.17) is 5.73 Å². The normalized spacial score (nSPS) is 25.8. The molecule has 5 heteroatoms. The Labute approximate surface area is 133 Å². The average molecular weight is 357 g/mol. The molecule has 2 atom stereocenters. The number of carbonyl (C=O) groups is 1. The van der Waals surface area contributed by atoms with Crippen LogP contribution in [0.15, 0.2) is 33.6 Å². The first kappa shape index (κ1) is 15.9. The second-order valence-corrected chi connectivity index (χ2v) is 7.35. The van der Waals surface area contributed by atoms with Gasteiger partial charge in [0, 0.05) is 9.37 Å². The number of nitrogens with two attached hydrogens (primary N) is 1. The van der Waals surface area contributed by atoms with E-state index in [1.165, 1.54) is 4.90 Å². The van der Waals surface area contributed by atoms with Gasteiger partial charge in [0.05, 0.1) is 0 Å². The summed E-state index contributed by atoms with van der Waals surface area (Å²) in [4.78, 5) is 13.0. The summed E-state index contributed by atoms with van der Waals surface area (Å²) in [5.41, 5.74) is 5.13. The van der Waals surface area contributed by atoms with Gasteiger partial charge in [0.1, 0.15) is 5.54 Å². The first-order chi connectivity index (χ1) is 9.58. The number of amides is 1. The maximum atomic E-state index is 11.8. The lowest BCUT2D eigenvalue weighted by Gasteiger charge is -2.32. The third-order valence-corrected chi connectivity index (χ3v) is 5.83. The van der Waals surface area contributed by atoms with Crippen molar-refractivity contribution in [1.82, 2.24) is 5.32 Å². The number of hydrogen-bond acceptors (Lipinski definition) is 3. The molecule has 0 bridgehead atoms. The summed E-state index contributed by atoms with van der Waals surface area (Å²) in [6.45, 7) is 0. The summed E-state index contributed by atoms with van der Waals surface area (Å²) in [5, 5.41) is 3.19. The SMILES string of the molecule is CNC1(C(N)=O)CCCC1CCSc1ccc(Br)cc1. The maximum Gasteiger partial charge on any atom is 0.238 e. The lowest BCUT2D eigenvalue weighted by atomic mass is 9.84. The van der Waals surface area contributed by atoms with Crippen LogP contribution in [0.5, 0.6) is 0 Å². The molecule has 110 valence electrons. The second-order valence-electron chi connectivity index (χ2n) is 5.27. The van der Waals surface area contributed by atoms with Crippen LogP contribution in [0.1, 0.15) is 25.7 Å². The summed E-state index contributed by atoms with van der Waals surface area (Å²) < 4.78 is 1.10. The van der Waals surface area contributed by atoms with Crippen LogP contribution < -0.4 is 11.1 Å². The minimum absolute atomic E-state index is 0.198. The fourth-order valence-corrected chi connectivity index (χ4v) is 4.33. The molecule has 1 fully saturated rings. The van der Waals surface area contributed by atoms with Crippen molar-refractivity contribution >= 4 is 33.6 Å². The molecular formula is C15H21BrN2OS. The molecular weight excluding hydrogens is 336 g/mol. The molecule has 0 spiro atoms. The summed E-state index contributed by atoms with van der Waals surface area (Å²) in [5.74, 6) is 1.17. The van der Waals surface area contributed by atoms with Crippen LogP contribution in [0, 0.1) is 5.92 Å². The van der Waals surface area contributed by atoms with Gasteiger partial charge in [0.25, 0.3) is 0 Å². The molecule has 0 aliphatic heterocycles. The lowest BCUT2D eigenvalue weighted by molar-refractivity contribution is -0.125. The number of primary amides is 1. The summed E-state index contributed by atoms with van der Waals surface area (Å²) in [6.07, 6.45) is 4.05. The van der Waals surface area contributed by atoms with Gasteiger partial charge in [-0.3, -0.25) is 4.79 Å². The van der Waals surface area contributed by atoms with Crippen molar-refractivity contribution in [3.63, 3.8) is 0 Å². The number of halogens is 1. The molecule has 2 unspecified atom stereocenters. The minimum atomic E-state index is -0.486. The molecule has 3 nitrogen and oxygen atoms in total. The van der Waals surface area contributed by atoms with Crippen molar-refractivity contribution in [3.05, 3.63) is 28.7 Å². The predicted molar refractivity (Wildman–Crippen MR) is 87.8 cm³/mol. The second kappa shape index (κ2) is 6.96. The Bertz CT molecular complexity index is 465. The standard InChI is InChI=1S/C15H21BrN2OS/c1-18-15(14(17)19)9-2-3-11(15)8-10-20-13-6-4-12(16)5-7-13/h4-7,11,18H,2-3,8-10H2,1H3,(H2,17,19). The molecule has 0 heterocycles. The quantitative estimate of drug-likeness (QED) is 0.769. The van der Waals surface area contributed by atoms with Gasteiger partial charge in [-0.05, 0) is 62.2 Å². The zero-order valence-corrected chi connectivity index (χ0v) is 14.1. The molecule has 1 aromatic carbocycles. The van der Waals surface area contributed by atoms with Crippen molar-refractivity contribution in [1.29, 1.82) is 0 Å². The Kier molecular flexibility index (Phi) is 5.52. The van der Waals surface area contributed by atoms with Gasteiger partial charge in [-0.15, -0.1) is 11.8 Å². The van der Waals surface area contributed by atoms with Crippen molar-refractivity contribution < 1.29 is 4.79 Å². The Morgan fingerprint density at radius 3 is 2.80 bits per heavy atom. The molecule has 0 aromatic heterocycles. The van der Waals surface area contributed by atoms with Gasteiger partial charge < -0.3 is 11.1 Å². The predicted octanol–water partition coefficient (Wildman–Crippen LogP) is 3.17. The van der Waals surface area contributed by atoms with Gasteiger partial charge in [0.15, 0.2) is 0 Å². The smallest absolute Gasteiger partial charge is 0.238 e. The van der Waals surface area contributed by atoms with Gasteiger partial charge in [-0.2, -0.15) is 0 Å². The van der Waals surface area contributed by atoms with Gasteiger partial charge in [-0.1, -0.05) is 22.4 Å². The molecule has 1 aliphatic rings. The van der Waals surface area contributed by atoms with Crippen LogP contribution in [0.25, 0.3) is 0 Å². The molecule has 20 heavy (non-hydrogen) atoms. The van der Waals surface area contributed by atoms with Crippen molar-refractivity contribution in [2.45, 2.75) is 36.1 Å². The van der Waals surface area contributed by atoms with E-state index in [9.17, 15) is 4.79 Å². The summed E-state index contributed by atoms with van der Waals surface area (Å²) in [6, 6.07) is 8.34. The lowest BCUT2D eigenvalue weighted by Crippen LogP contribution is -2.56. The van der Waals surface area contributed by atoms with Crippen molar-refractivity contribution in [2.75, 3.05) is 12.8 Å². The Morgan fingerprint density at radius 1 is 1.50 bits per heavy atom. The molecule has 2 rings (SSSR count). The van der Waals surface area contributed by atoms with E-state index in [0.717, 1.165) is 35.9 Å². The monoisotopic (exact) mass is 356 g/mol. The maximum absolute atomic E-state index is 11.8. The highest BCUT2D eigenvalue weighted by atomic mass is 79.9. The van der Waals surface area contributed by atoms with Crippen molar-refractivity contribution in [3.8, 4) is 0 Å². The Morgan fingerprint density at radius 2 is 2.20 bits per heavy atom. The van der Waals surface area contributed by atoms with E-state index in [-0.39, 0.29) is 5.91 Å². The van der Waals surface area contributed by atoms with Crippen LogP contribution >= 0.6 is 27.7 Å². The van der Waals surface area contributed by atoms with E-state index in [1.54, 1.807) is 0 Å². The zero-order valence-electron chi connectivity index (χ0n) is 11.7. The van der Waals surface area contributed by atoms with Gasteiger partial charge >= 0.3 is 0 Å². The van der Waals surface area contributed by atoms with Gasteiger partial charge in [-0.25, -0.2) is 0 Å². The highest BCUT2D eigenvalue weighted by molar-refractivity contribution is 9.10. The number of benzene rings is 1. The number of carbonyl (C=O) groups excluding carboxylic acids is 1. The van der Waals surface area contributed by atoms with E-state index >= 15 is 0 Å². The zero-order chi connectivity index (χ0) is 14.6. The topological polar surface area (TPSA) is 55.1 Å². The summed E-state index contributed by atoms with van der Waals surface area (Å²) in [7, 11) is 1.85. The third kappa shape index (κ3) is 3.38. The number of likely N-dealkylation sites (N-methyl/N-ethyl adjacent to an activating group) is 1. The number of thioether (sulfide) groups is 1. The highest BCUT2D eigenvalue weighted by Crippen LogP contribution is 2.38. The Hall–Kier alpha value is -0.520. The minimum Gasteiger partial charge on any atom is -0.368 e. The first-order valence-electron chi connectivity index (χ1n) is 6.95. The fraction of sp³-hybridized carbons (Fsp3) is 0.533. The fourth-order valence-electron chi connectivity index (χ4n) is 3.10. The molecule has 0 radical (unpaired) electrons. The molecule has 1 saturated carbocycles. The van der Waals surface area contributed by atoms with E-state index in [2.05, 4.69) is 45.5 Å². The third-order valence-electron chi connectivity index (χ3n) is 4.26. The van der Waals surface area contributed by atoms with Gasteiger partial charge in [0.2, 0.25) is 5.91 Å².